The summed E-state index contributed by atoms with van der Waals surface area (Å²) in [6, 6.07) is 9.12. The van der Waals surface area contributed by atoms with Crippen LogP contribution in [0, 0.1) is 0 Å². The van der Waals surface area contributed by atoms with Crippen molar-refractivity contribution in [3.8, 4) is 22.6 Å². The summed E-state index contributed by atoms with van der Waals surface area (Å²) >= 11 is 6.16. The van der Waals surface area contributed by atoms with Crippen LogP contribution in [0.25, 0.3) is 22.6 Å². The van der Waals surface area contributed by atoms with Crippen LogP contribution in [-0.4, -0.2) is 27.9 Å². The van der Waals surface area contributed by atoms with E-state index in [0.29, 0.717) is 33.5 Å². The van der Waals surface area contributed by atoms with E-state index in [-0.39, 0.29) is 0 Å². The third-order valence-corrected chi connectivity index (χ3v) is 4.24. The summed E-state index contributed by atoms with van der Waals surface area (Å²) in [4.78, 5) is 23.6. The molecule has 0 bridgehead atoms. The molecule has 3 rings (SSSR count). The topological polar surface area (TPSA) is 96.7 Å². The Hall–Kier alpha value is -2.86. The molecule has 0 aliphatic carbocycles. The highest BCUT2D eigenvalue weighted by Gasteiger charge is 2.18. The Morgan fingerprint density at radius 3 is 2.76 bits per heavy atom. The number of halogens is 1. The summed E-state index contributed by atoms with van der Waals surface area (Å²) in [5.41, 5.74) is 9.91. The molecule has 4 N–H and O–H groups in total. The highest BCUT2D eigenvalue weighted by Crippen LogP contribution is 2.32. The second-order valence-corrected chi connectivity index (χ2v) is 5.97. The molecule has 0 spiro atoms. The summed E-state index contributed by atoms with van der Waals surface area (Å²) in [7, 11) is 1.78. The number of aromatic nitrogens is 3. The number of aryl methyl sites for hydroxylation is 1. The number of amides is 1. The van der Waals surface area contributed by atoms with E-state index < -0.39 is 5.91 Å². The maximum absolute atomic E-state index is 12.0. The van der Waals surface area contributed by atoms with Gasteiger partial charge in [0.25, 0.3) is 5.91 Å². The van der Waals surface area contributed by atoms with E-state index in [9.17, 15) is 4.79 Å². The van der Waals surface area contributed by atoms with Gasteiger partial charge in [0.2, 0.25) is 0 Å². The first-order chi connectivity index (χ1) is 12.0. The first-order valence-electron chi connectivity index (χ1n) is 7.85. The van der Waals surface area contributed by atoms with E-state index in [1.165, 1.54) is 6.33 Å². The van der Waals surface area contributed by atoms with Crippen molar-refractivity contribution < 1.29 is 4.79 Å². The molecule has 0 aliphatic heterocycles. The van der Waals surface area contributed by atoms with Gasteiger partial charge < -0.3 is 16.0 Å². The SMILES string of the molecule is CCc1ccc(Cl)cc1-c1[nH]c(-c2cc(NC)ncn2)cc1C(N)=O. The minimum Gasteiger partial charge on any atom is -0.373 e. The minimum atomic E-state index is -0.512. The van der Waals surface area contributed by atoms with Gasteiger partial charge in [-0.15, -0.1) is 0 Å². The molecular formula is C18H18ClN5O. The summed E-state index contributed by atoms with van der Waals surface area (Å²) in [5, 5.41) is 3.56. The first-order valence-corrected chi connectivity index (χ1v) is 8.23. The quantitative estimate of drug-likeness (QED) is 0.652. The number of carbonyl (C=O) groups excluding carboxylic acids is 1. The Kier molecular flexibility index (Phi) is 4.72. The number of H-pyrrole nitrogens is 1. The van der Waals surface area contributed by atoms with Crippen molar-refractivity contribution in [1.29, 1.82) is 0 Å². The molecule has 6 nitrogen and oxygen atoms in total. The fourth-order valence-electron chi connectivity index (χ4n) is 2.73. The number of carbonyl (C=O) groups is 1. The first kappa shape index (κ1) is 17.0. The molecule has 2 heterocycles. The van der Waals surface area contributed by atoms with Gasteiger partial charge in [0.1, 0.15) is 12.1 Å². The second-order valence-electron chi connectivity index (χ2n) is 5.53. The average Bonchev–Trinajstić information content (AvgIpc) is 3.07. The van der Waals surface area contributed by atoms with Gasteiger partial charge >= 0.3 is 0 Å². The van der Waals surface area contributed by atoms with Crippen LogP contribution in [0.15, 0.2) is 36.7 Å². The van der Waals surface area contributed by atoms with E-state index in [1.54, 1.807) is 19.2 Å². The molecule has 0 saturated carbocycles. The minimum absolute atomic E-state index is 0.400. The van der Waals surface area contributed by atoms with Gasteiger partial charge in [-0.2, -0.15) is 0 Å². The molecule has 7 heteroatoms. The summed E-state index contributed by atoms with van der Waals surface area (Å²) in [6.07, 6.45) is 2.26. The highest BCUT2D eigenvalue weighted by molar-refractivity contribution is 6.31. The number of nitrogens with zero attached hydrogens (tertiary/aromatic N) is 2. The monoisotopic (exact) mass is 355 g/mol. The molecule has 2 aromatic heterocycles. The van der Waals surface area contributed by atoms with E-state index in [1.807, 2.05) is 25.1 Å². The van der Waals surface area contributed by atoms with Crippen LogP contribution in [0.5, 0.6) is 0 Å². The molecule has 1 aromatic carbocycles. The Labute approximate surface area is 150 Å². The zero-order chi connectivity index (χ0) is 18.0. The van der Waals surface area contributed by atoms with Crippen molar-refractivity contribution in [1.82, 2.24) is 15.0 Å². The van der Waals surface area contributed by atoms with Crippen molar-refractivity contribution >= 4 is 23.3 Å². The van der Waals surface area contributed by atoms with E-state index in [2.05, 4.69) is 20.3 Å². The number of primary amides is 1. The van der Waals surface area contributed by atoms with Crippen LogP contribution in [0.2, 0.25) is 5.02 Å². The van der Waals surface area contributed by atoms with Crippen LogP contribution < -0.4 is 11.1 Å². The van der Waals surface area contributed by atoms with Gasteiger partial charge in [-0.3, -0.25) is 4.79 Å². The number of nitrogens with two attached hydrogens (primary N) is 1. The second kappa shape index (κ2) is 6.94. The molecule has 3 aromatic rings. The molecule has 0 atom stereocenters. The number of rotatable bonds is 5. The van der Waals surface area contributed by atoms with Gasteiger partial charge in [-0.05, 0) is 30.2 Å². The number of benzene rings is 1. The lowest BCUT2D eigenvalue weighted by Gasteiger charge is -2.09. The maximum Gasteiger partial charge on any atom is 0.250 e. The molecule has 0 saturated heterocycles. The predicted molar refractivity (Wildman–Crippen MR) is 99.7 cm³/mol. The summed E-state index contributed by atoms with van der Waals surface area (Å²) in [6.45, 7) is 2.05. The molecular weight excluding hydrogens is 338 g/mol. The van der Waals surface area contributed by atoms with Crippen molar-refractivity contribution in [2.24, 2.45) is 5.73 Å². The third kappa shape index (κ3) is 3.34. The van der Waals surface area contributed by atoms with Crippen molar-refractivity contribution in [2.45, 2.75) is 13.3 Å². The predicted octanol–water partition coefficient (Wildman–Crippen LogP) is 3.50. The lowest BCUT2D eigenvalue weighted by Crippen LogP contribution is -2.11. The number of anilines is 1. The zero-order valence-electron chi connectivity index (χ0n) is 13.9. The van der Waals surface area contributed by atoms with Gasteiger partial charge in [0.15, 0.2) is 0 Å². The molecule has 25 heavy (non-hydrogen) atoms. The molecule has 0 unspecified atom stereocenters. The third-order valence-electron chi connectivity index (χ3n) is 4.00. The average molecular weight is 356 g/mol. The largest absolute Gasteiger partial charge is 0.373 e. The number of hydrogen-bond donors (Lipinski definition) is 3. The summed E-state index contributed by atoms with van der Waals surface area (Å²) in [5.74, 6) is 0.168. The lowest BCUT2D eigenvalue weighted by molar-refractivity contribution is 0.100. The van der Waals surface area contributed by atoms with E-state index >= 15 is 0 Å². The molecule has 1 amide bonds. The van der Waals surface area contributed by atoms with Crippen LogP contribution >= 0.6 is 11.6 Å². The van der Waals surface area contributed by atoms with Crippen LogP contribution in [-0.2, 0) is 6.42 Å². The Bertz CT molecular complexity index is 935. The van der Waals surface area contributed by atoms with Gasteiger partial charge in [-0.25, -0.2) is 9.97 Å². The van der Waals surface area contributed by atoms with Crippen molar-refractivity contribution in [3.63, 3.8) is 0 Å². The van der Waals surface area contributed by atoms with E-state index in [0.717, 1.165) is 17.5 Å². The molecule has 0 aliphatic rings. The Balaban J connectivity index is 2.19. The highest BCUT2D eigenvalue weighted by atomic mass is 35.5. The van der Waals surface area contributed by atoms with E-state index in [4.69, 9.17) is 17.3 Å². The lowest BCUT2D eigenvalue weighted by atomic mass is 10.00. The standard InChI is InChI=1S/C18H18ClN5O/c1-3-10-4-5-11(19)6-12(10)17-13(18(20)25)7-15(24-17)14-8-16(21-2)23-9-22-14/h4-9,24H,3H2,1-2H3,(H2,20,25)(H,21,22,23). The fraction of sp³-hybridized carbons (Fsp3) is 0.167. The van der Waals surface area contributed by atoms with Crippen molar-refractivity contribution in [3.05, 3.63) is 52.8 Å². The number of nitrogens with one attached hydrogen (secondary N) is 2. The van der Waals surface area contributed by atoms with Gasteiger partial charge in [0, 0.05) is 23.7 Å². The number of hydrogen-bond acceptors (Lipinski definition) is 4. The number of aromatic amines is 1. The Morgan fingerprint density at radius 1 is 1.28 bits per heavy atom. The van der Waals surface area contributed by atoms with Gasteiger partial charge in [-0.1, -0.05) is 24.6 Å². The smallest absolute Gasteiger partial charge is 0.250 e. The molecule has 0 radical (unpaired) electrons. The van der Waals surface area contributed by atoms with Crippen LogP contribution in [0.3, 0.4) is 0 Å². The van der Waals surface area contributed by atoms with Gasteiger partial charge in [0.05, 0.1) is 22.6 Å². The van der Waals surface area contributed by atoms with Crippen molar-refractivity contribution in [2.75, 3.05) is 12.4 Å². The Morgan fingerprint density at radius 2 is 2.08 bits per heavy atom. The molecule has 128 valence electrons. The maximum atomic E-state index is 12.0. The summed E-state index contributed by atoms with van der Waals surface area (Å²) < 4.78 is 0. The van der Waals surface area contributed by atoms with Crippen LogP contribution in [0.1, 0.15) is 22.8 Å². The van der Waals surface area contributed by atoms with Crippen LogP contribution in [0.4, 0.5) is 5.82 Å². The fourth-order valence-corrected chi connectivity index (χ4v) is 2.90. The normalized spacial score (nSPS) is 10.7. The molecule has 0 fully saturated rings. The zero-order valence-corrected chi connectivity index (χ0v) is 14.7.